The van der Waals surface area contributed by atoms with Crippen molar-refractivity contribution in [1.29, 1.82) is 0 Å². The predicted octanol–water partition coefficient (Wildman–Crippen LogP) is 2.39. The summed E-state index contributed by atoms with van der Waals surface area (Å²) in [6.07, 6.45) is 3.65. The molecule has 0 amide bonds. The van der Waals surface area contributed by atoms with Gasteiger partial charge in [-0.25, -0.2) is 0 Å². The van der Waals surface area contributed by atoms with Crippen LogP contribution in [-0.4, -0.2) is 12.9 Å². The first-order valence-electron chi connectivity index (χ1n) is 5.94. The maximum atomic E-state index is 11.5. The maximum Gasteiger partial charge on any atom is 0.133 e. The normalized spacial score (nSPS) is 27.4. The average molecular weight is 216 g/mol. The molecule has 1 aromatic carbocycles. The van der Waals surface area contributed by atoms with E-state index in [4.69, 9.17) is 4.74 Å². The number of carbonyl (C=O) groups is 1. The van der Waals surface area contributed by atoms with Gasteiger partial charge in [-0.05, 0) is 41.9 Å². The molecule has 1 aromatic rings. The molecule has 0 spiro atoms. The van der Waals surface area contributed by atoms with E-state index in [-0.39, 0.29) is 0 Å². The number of benzene rings is 1. The van der Waals surface area contributed by atoms with Gasteiger partial charge in [-0.3, -0.25) is 4.79 Å². The van der Waals surface area contributed by atoms with Crippen LogP contribution in [0.1, 0.15) is 24.0 Å². The summed E-state index contributed by atoms with van der Waals surface area (Å²) < 4.78 is 5.40. The van der Waals surface area contributed by atoms with Crippen molar-refractivity contribution in [3.63, 3.8) is 0 Å². The molecule has 3 rings (SSSR count). The van der Waals surface area contributed by atoms with Gasteiger partial charge >= 0.3 is 0 Å². The molecule has 0 aliphatic heterocycles. The van der Waals surface area contributed by atoms with Crippen LogP contribution >= 0.6 is 0 Å². The molecule has 2 aliphatic rings. The van der Waals surface area contributed by atoms with E-state index in [2.05, 4.69) is 12.1 Å². The second-order valence-electron chi connectivity index (χ2n) is 4.97. The van der Waals surface area contributed by atoms with Crippen LogP contribution in [0.25, 0.3) is 0 Å². The summed E-state index contributed by atoms with van der Waals surface area (Å²) in [6.45, 7) is 0. The highest BCUT2D eigenvalue weighted by atomic mass is 16.5. The molecule has 2 heteroatoms. The highest BCUT2D eigenvalue weighted by molar-refractivity contribution is 5.81. The minimum atomic E-state index is 0.446. The number of fused-ring (bicyclic) bond motifs is 2. The van der Waals surface area contributed by atoms with Gasteiger partial charge in [0.2, 0.25) is 0 Å². The quantitative estimate of drug-likeness (QED) is 0.720. The number of hydrogen-bond donors (Lipinski definition) is 0. The summed E-state index contributed by atoms with van der Waals surface area (Å²) in [5.41, 5.74) is 2.72. The maximum absolute atomic E-state index is 11.5. The number of methoxy groups -OCH3 is 1. The Balaban J connectivity index is 1.98. The van der Waals surface area contributed by atoms with Crippen LogP contribution in [0.2, 0.25) is 0 Å². The van der Waals surface area contributed by atoms with Crippen molar-refractivity contribution in [3.05, 3.63) is 29.3 Å². The summed E-state index contributed by atoms with van der Waals surface area (Å²) >= 11 is 0. The third kappa shape index (κ3) is 1.44. The highest BCUT2D eigenvalue weighted by Gasteiger charge is 2.37. The van der Waals surface area contributed by atoms with Crippen LogP contribution in [0.3, 0.4) is 0 Å². The lowest BCUT2D eigenvalue weighted by Crippen LogP contribution is -2.21. The van der Waals surface area contributed by atoms with Crippen molar-refractivity contribution < 1.29 is 9.53 Å². The Kier molecular flexibility index (Phi) is 2.23. The van der Waals surface area contributed by atoms with Gasteiger partial charge in [0.1, 0.15) is 11.5 Å². The van der Waals surface area contributed by atoms with Gasteiger partial charge in [-0.15, -0.1) is 0 Å². The van der Waals surface area contributed by atoms with E-state index >= 15 is 0 Å². The monoisotopic (exact) mass is 216 g/mol. The molecule has 0 radical (unpaired) electrons. The van der Waals surface area contributed by atoms with Gasteiger partial charge in [0.15, 0.2) is 0 Å². The van der Waals surface area contributed by atoms with Gasteiger partial charge in [0.05, 0.1) is 7.11 Å². The Labute approximate surface area is 95.6 Å². The van der Waals surface area contributed by atoms with Crippen LogP contribution in [0.15, 0.2) is 18.2 Å². The summed E-state index contributed by atoms with van der Waals surface area (Å²) in [4.78, 5) is 11.5. The van der Waals surface area contributed by atoms with Gasteiger partial charge in [0, 0.05) is 12.8 Å². The molecular formula is C14H16O2. The fourth-order valence-corrected chi connectivity index (χ4v) is 3.25. The Morgan fingerprint density at radius 2 is 1.88 bits per heavy atom. The number of carbonyl (C=O) groups excluding carboxylic acids is 1. The van der Waals surface area contributed by atoms with Crippen LogP contribution < -0.4 is 4.74 Å². The third-order valence-corrected chi connectivity index (χ3v) is 4.04. The molecule has 0 aromatic heterocycles. The number of Topliss-reactive ketones (excluding diaryl/α,β-unsaturated/α-hetero) is 1. The fourth-order valence-electron chi connectivity index (χ4n) is 3.25. The van der Waals surface area contributed by atoms with E-state index in [1.165, 1.54) is 11.1 Å². The van der Waals surface area contributed by atoms with Crippen LogP contribution in [-0.2, 0) is 17.6 Å². The van der Waals surface area contributed by atoms with Crippen LogP contribution in [0, 0.1) is 11.8 Å². The number of rotatable bonds is 1. The number of ether oxygens (including phenoxy) is 1. The lowest BCUT2D eigenvalue weighted by Gasteiger charge is -2.28. The zero-order valence-electron chi connectivity index (χ0n) is 9.53. The molecule has 2 atom stereocenters. The van der Waals surface area contributed by atoms with Crippen LogP contribution in [0.4, 0.5) is 0 Å². The molecule has 0 saturated heterocycles. The topological polar surface area (TPSA) is 26.3 Å². The fraction of sp³-hybridized carbons (Fsp3) is 0.500. The Morgan fingerprint density at radius 1 is 1.12 bits per heavy atom. The Bertz CT molecular complexity index is 436. The molecule has 0 heterocycles. The Hall–Kier alpha value is -1.31. The second-order valence-corrected chi connectivity index (χ2v) is 4.97. The van der Waals surface area contributed by atoms with Crippen molar-refractivity contribution in [2.75, 3.05) is 7.11 Å². The molecule has 2 nitrogen and oxygen atoms in total. The van der Waals surface area contributed by atoms with Gasteiger partial charge in [0.25, 0.3) is 0 Å². The first-order chi connectivity index (χ1) is 7.78. The third-order valence-electron chi connectivity index (χ3n) is 4.04. The van der Waals surface area contributed by atoms with E-state index < -0.39 is 0 Å². The minimum absolute atomic E-state index is 0.446. The van der Waals surface area contributed by atoms with Gasteiger partial charge in [-0.1, -0.05) is 12.1 Å². The lowest BCUT2D eigenvalue weighted by molar-refractivity contribution is -0.117. The van der Waals surface area contributed by atoms with Gasteiger partial charge in [-0.2, -0.15) is 0 Å². The number of hydrogen-bond acceptors (Lipinski definition) is 2. The predicted molar refractivity (Wildman–Crippen MR) is 61.6 cm³/mol. The first-order valence-corrected chi connectivity index (χ1v) is 5.94. The lowest BCUT2D eigenvalue weighted by atomic mass is 9.77. The molecule has 1 fully saturated rings. The second kappa shape index (κ2) is 3.62. The highest BCUT2D eigenvalue weighted by Crippen LogP contribution is 2.42. The molecule has 0 bridgehead atoms. The molecule has 16 heavy (non-hydrogen) atoms. The standard InChI is InChI=1S/C14H16O2/c1-16-14-4-2-3-9-5-10-6-12(15)7-11(10)8-13(9)14/h2-4,10-11H,5-8H2,1H3/t10-,11-/m1/s1. The van der Waals surface area contributed by atoms with Crippen molar-refractivity contribution in [2.24, 2.45) is 11.8 Å². The van der Waals surface area contributed by atoms with E-state index in [1.807, 2.05) is 6.07 Å². The largest absolute Gasteiger partial charge is 0.496 e. The summed E-state index contributed by atoms with van der Waals surface area (Å²) in [6, 6.07) is 6.25. The molecule has 0 N–H and O–H groups in total. The van der Waals surface area contributed by atoms with E-state index in [1.54, 1.807) is 7.11 Å². The molecule has 2 aliphatic carbocycles. The van der Waals surface area contributed by atoms with Crippen molar-refractivity contribution in [2.45, 2.75) is 25.7 Å². The van der Waals surface area contributed by atoms with Crippen molar-refractivity contribution in [1.82, 2.24) is 0 Å². The number of ketones is 1. The van der Waals surface area contributed by atoms with Gasteiger partial charge < -0.3 is 4.74 Å². The zero-order valence-corrected chi connectivity index (χ0v) is 9.53. The van der Waals surface area contributed by atoms with Crippen molar-refractivity contribution >= 4 is 5.78 Å². The smallest absolute Gasteiger partial charge is 0.133 e. The van der Waals surface area contributed by atoms with Crippen LogP contribution in [0.5, 0.6) is 5.75 Å². The summed E-state index contributed by atoms with van der Waals surface area (Å²) in [5, 5.41) is 0. The molecule has 1 saturated carbocycles. The summed E-state index contributed by atoms with van der Waals surface area (Å²) in [7, 11) is 1.72. The first kappa shape index (κ1) is 9.88. The average Bonchev–Trinajstić information content (AvgIpc) is 2.64. The molecule has 0 unspecified atom stereocenters. The minimum Gasteiger partial charge on any atom is -0.496 e. The summed E-state index contributed by atoms with van der Waals surface area (Å²) in [5.74, 6) is 2.60. The van der Waals surface area contributed by atoms with Crippen molar-refractivity contribution in [3.8, 4) is 5.75 Å². The van der Waals surface area contributed by atoms with E-state index in [0.717, 1.165) is 31.4 Å². The SMILES string of the molecule is COc1cccc2c1C[C@H]1CC(=O)C[C@H]1C2. The van der Waals surface area contributed by atoms with E-state index in [0.29, 0.717) is 17.6 Å². The Morgan fingerprint density at radius 3 is 2.62 bits per heavy atom. The zero-order chi connectivity index (χ0) is 11.1. The van der Waals surface area contributed by atoms with E-state index in [9.17, 15) is 4.79 Å². The molecule has 84 valence electrons. The molecular weight excluding hydrogens is 200 g/mol.